The van der Waals surface area contributed by atoms with E-state index in [4.69, 9.17) is 4.42 Å². The summed E-state index contributed by atoms with van der Waals surface area (Å²) in [6.07, 6.45) is 1.55. The van der Waals surface area contributed by atoms with E-state index in [1.54, 1.807) is 18.4 Å². The van der Waals surface area contributed by atoms with Gasteiger partial charge in [-0.05, 0) is 30.2 Å². The van der Waals surface area contributed by atoms with Crippen molar-refractivity contribution in [2.75, 3.05) is 0 Å². The molecule has 18 heavy (non-hydrogen) atoms. The Kier molecular flexibility index (Phi) is 2.49. The minimum Gasteiger partial charge on any atom is -0.463 e. The molecule has 0 saturated carbocycles. The Hall–Kier alpha value is -2.35. The van der Waals surface area contributed by atoms with Crippen molar-refractivity contribution in [3.63, 3.8) is 0 Å². The highest BCUT2D eigenvalue weighted by molar-refractivity contribution is 5.81. The van der Waals surface area contributed by atoms with Crippen LogP contribution in [0.4, 0.5) is 0 Å². The molecule has 0 aliphatic carbocycles. The lowest BCUT2D eigenvalue weighted by Gasteiger charge is -2.05. The number of fused-ring (bicyclic) bond motifs is 1. The molecule has 1 aromatic heterocycles. The maximum Gasteiger partial charge on any atom is 0.200 e. The van der Waals surface area contributed by atoms with E-state index in [0.29, 0.717) is 16.5 Å². The molecule has 88 valence electrons. The molecule has 2 heteroatoms. The molecule has 0 aliphatic heterocycles. The van der Waals surface area contributed by atoms with Gasteiger partial charge in [0, 0.05) is 0 Å². The number of para-hydroxylation sites is 1. The summed E-state index contributed by atoms with van der Waals surface area (Å²) in [5.41, 5.74) is 3.26. The molecule has 0 fully saturated rings. The van der Waals surface area contributed by atoms with Crippen molar-refractivity contribution in [1.82, 2.24) is 0 Å². The lowest BCUT2D eigenvalue weighted by molar-refractivity contribution is 0.604. The van der Waals surface area contributed by atoms with Crippen molar-refractivity contribution in [2.45, 2.75) is 6.92 Å². The topological polar surface area (TPSA) is 30.2 Å². The first kappa shape index (κ1) is 10.8. The first-order chi connectivity index (χ1) is 8.77. The summed E-state index contributed by atoms with van der Waals surface area (Å²) in [5.74, 6) is 0. The molecular formula is C16H12O2. The molecule has 0 saturated heterocycles. The van der Waals surface area contributed by atoms with E-state index in [0.717, 1.165) is 11.1 Å². The lowest BCUT2D eigenvalue weighted by atomic mass is 10.0. The summed E-state index contributed by atoms with van der Waals surface area (Å²) in [6.45, 7) is 1.99. The zero-order valence-corrected chi connectivity index (χ0v) is 10.0. The van der Waals surface area contributed by atoms with Crippen molar-refractivity contribution >= 4 is 11.0 Å². The van der Waals surface area contributed by atoms with Crippen LogP contribution in [0.15, 0.2) is 64.0 Å². The summed E-state index contributed by atoms with van der Waals surface area (Å²) >= 11 is 0. The van der Waals surface area contributed by atoms with Gasteiger partial charge in [0.1, 0.15) is 11.8 Å². The molecule has 0 unspecified atom stereocenters. The second-order valence-electron chi connectivity index (χ2n) is 4.29. The third-order valence-corrected chi connectivity index (χ3v) is 3.12. The molecule has 0 aliphatic rings. The third-order valence-electron chi connectivity index (χ3n) is 3.12. The van der Waals surface area contributed by atoms with Crippen molar-refractivity contribution in [1.29, 1.82) is 0 Å². The molecular weight excluding hydrogens is 224 g/mol. The quantitative estimate of drug-likeness (QED) is 0.643. The van der Waals surface area contributed by atoms with Crippen LogP contribution in [0, 0.1) is 6.92 Å². The molecule has 0 atom stereocenters. The molecule has 0 bridgehead atoms. The van der Waals surface area contributed by atoms with Crippen LogP contribution in [0.3, 0.4) is 0 Å². The highest BCUT2D eigenvalue weighted by Gasteiger charge is 2.09. The zero-order valence-electron chi connectivity index (χ0n) is 10.0. The van der Waals surface area contributed by atoms with Crippen LogP contribution >= 0.6 is 0 Å². The normalized spacial score (nSPS) is 10.7. The van der Waals surface area contributed by atoms with Gasteiger partial charge in [-0.2, -0.15) is 0 Å². The Labute approximate surface area is 105 Å². The fourth-order valence-electron chi connectivity index (χ4n) is 2.14. The molecule has 0 N–H and O–H groups in total. The molecule has 0 radical (unpaired) electrons. The molecule has 1 heterocycles. The van der Waals surface area contributed by atoms with Gasteiger partial charge in [-0.1, -0.05) is 36.4 Å². The number of benzene rings is 2. The fourth-order valence-corrected chi connectivity index (χ4v) is 2.14. The van der Waals surface area contributed by atoms with Gasteiger partial charge < -0.3 is 4.42 Å². The molecule has 0 spiro atoms. The van der Waals surface area contributed by atoms with Gasteiger partial charge in [0.2, 0.25) is 0 Å². The number of aryl methyl sites for hydroxylation is 1. The average Bonchev–Trinajstić information content (AvgIpc) is 2.41. The largest absolute Gasteiger partial charge is 0.463 e. The van der Waals surface area contributed by atoms with Crippen LogP contribution in [0.5, 0.6) is 0 Å². The lowest BCUT2D eigenvalue weighted by Crippen LogP contribution is -2.05. The van der Waals surface area contributed by atoms with Crippen molar-refractivity contribution in [3.05, 3.63) is 70.6 Å². The Balaban J connectivity index is 2.35. The third kappa shape index (κ3) is 1.63. The minimum atomic E-state index is 0.0196. The standard InChI is InChI=1S/C16H12O2/c1-11-6-2-3-7-12(11)14-10-18-15-9-5-4-8-13(15)16(14)17/h2-10H,1H3. The van der Waals surface area contributed by atoms with E-state index in [9.17, 15) is 4.79 Å². The Morgan fingerprint density at radius 3 is 2.44 bits per heavy atom. The molecule has 2 nitrogen and oxygen atoms in total. The first-order valence-corrected chi connectivity index (χ1v) is 5.84. The van der Waals surface area contributed by atoms with Crippen LogP contribution in [-0.2, 0) is 0 Å². The van der Waals surface area contributed by atoms with Gasteiger partial charge >= 0.3 is 0 Å². The minimum absolute atomic E-state index is 0.0196. The zero-order chi connectivity index (χ0) is 12.5. The SMILES string of the molecule is Cc1ccccc1-c1coc2ccccc2c1=O. The van der Waals surface area contributed by atoms with Gasteiger partial charge in [-0.15, -0.1) is 0 Å². The maximum atomic E-state index is 12.4. The second kappa shape index (κ2) is 4.15. The van der Waals surface area contributed by atoms with E-state index in [1.807, 2.05) is 43.3 Å². The Bertz CT molecular complexity index is 769. The molecule has 3 aromatic rings. The second-order valence-corrected chi connectivity index (χ2v) is 4.29. The van der Waals surface area contributed by atoms with Crippen LogP contribution in [0.2, 0.25) is 0 Å². The Morgan fingerprint density at radius 1 is 0.889 bits per heavy atom. The number of hydrogen-bond donors (Lipinski definition) is 0. The summed E-state index contributed by atoms with van der Waals surface area (Å²) in [6, 6.07) is 15.1. The van der Waals surface area contributed by atoms with Crippen molar-refractivity contribution < 1.29 is 4.42 Å². The van der Waals surface area contributed by atoms with Crippen LogP contribution < -0.4 is 5.43 Å². The van der Waals surface area contributed by atoms with Gasteiger partial charge in [-0.3, -0.25) is 4.79 Å². The number of rotatable bonds is 1. The van der Waals surface area contributed by atoms with Crippen LogP contribution in [-0.4, -0.2) is 0 Å². The van der Waals surface area contributed by atoms with Gasteiger partial charge in [0.25, 0.3) is 0 Å². The van der Waals surface area contributed by atoms with Crippen molar-refractivity contribution in [2.24, 2.45) is 0 Å². The Morgan fingerprint density at radius 2 is 1.61 bits per heavy atom. The maximum absolute atomic E-state index is 12.4. The van der Waals surface area contributed by atoms with E-state index >= 15 is 0 Å². The van der Waals surface area contributed by atoms with E-state index in [1.165, 1.54) is 0 Å². The molecule has 0 amide bonds. The first-order valence-electron chi connectivity index (χ1n) is 5.84. The summed E-state index contributed by atoms with van der Waals surface area (Å²) < 4.78 is 5.53. The monoisotopic (exact) mass is 236 g/mol. The summed E-state index contributed by atoms with van der Waals surface area (Å²) in [4.78, 5) is 12.4. The van der Waals surface area contributed by atoms with Gasteiger partial charge in [0.05, 0.1) is 10.9 Å². The van der Waals surface area contributed by atoms with E-state index in [-0.39, 0.29) is 5.43 Å². The highest BCUT2D eigenvalue weighted by Crippen LogP contribution is 2.22. The van der Waals surface area contributed by atoms with Gasteiger partial charge in [0.15, 0.2) is 5.43 Å². The van der Waals surface area contributed by atoms with E-state index in [2.05, 4.69) is 0 Å². The number of hydrogen-bond acceptors (Lipinski definition) is 2. The predicted octanol–water partition coefficient (Wildman–Crippen LogP) is 3.77. The molecule has 2 aromatic carbocycles. The smallest absolute Gasteiger partial charge is 0.200 e. The summed E-state index contributed by atoms with van der Waals surface area (Å²) in [5, 5.41) is 0.623. The van der Waals surface area contributed by atoms with Crippen LogP contribution in [0.1, 0.15) is 5.56 Å². The summed E-state index contributed by atoms with van der Waals surface area (Å²) in [7, 11) is 0. The highest BCUT2D eigenvalue weighted by atomic mass is 16.3. The van der Waals surface area contributed by atoms with E-state index < -0.39 is 0 Å². The van der Waals surface area contributed by atoms with Crippen LogP contribution in [0.25, 0.3) is 22.1 Å². The molecule has 3 rings (SSSR count). The van der Waals surface area contributed by atoms with Gasteiger partial charge in [-0.25, -0.2) is 0 Å². The predicted molar refractivity (Wildman–Crippen MR) is 72.7 cm³/mol. The fraction of sp³-hybridized carbons (Fsp3) is 0.0625. The average molecular weight is 236 g/mol. The van der Waals surface area contributed by atoms with Crippen molar-refractivity contribution in [3.8, 4) is 11.1 Å².